The molecule has 1 amide bonds. The van der Waals surface area contributed by atoms with E-state index >= 15 is 0 Å². The van der Waals surface area contributed by atoms with Gasteiger partial charge in [0, 0.05) is 59.3 Å². The lowest BCUT2D eigenvalue weighted by atomic mass is 10.0. The number of anilines is 2. The number of amides is 1. The summed E-state index contributed by atoms with van der Waals surface area (Å²) in [4.78, 5) is 44.4. The van der Waals surface area contributed by atoms with Crippen LogP contribution >= 0.6 is 11.6 Å². The first kappa shape index (κ1) is 29.8. The third-order valence-electron chi connectivity index (χ3n) is 6.69. The molecule has 0 aliphatic heterocycles. The quantitative estimate of drug-likeness (QED) is 0.0642. The van der Waals surface area contributed by atoms with E-state index in [1.54, 1.807) is 59.4 Å². The zero-order chi connectivity index (χ0) is 31.2. The molecule has 5 aromatic rings. The lowest BCUT2D eigenvalue weighted by molar-refractivity contribution is -0.134. The number of ether oxygens (including phenoxy) is 1. The number of carbonyl (C=O) groups is 2. The van der Waals surface area contributed by atoms with Crippen LogP contribution in [-0.4, -0.2) is 32.6 Å². The van der Waals surface area contributed by atoms with E-state index in [2.05, 4.69) is 20.4 Å². The minimum absolute atomic E-state index is 0.236. The van der Waals surface area contributed by atoms with Gasteiger partial charge >= 0.3 is 12.1 Å². The van der Waals surface area contributed by atoms with E-state index in [4.69, 9.17) is 27.7 Å². The van der Waals surface area contributed by atoms with Gasteiger partial charge in [-0.1, -0.05) is 54.1 Å². The number of guanidine groups is 1. The first-order valence-electron chi connectivity index (χ1n) is 13.5. The number of nitrogens with zero attached hydrogens (tertiary/aromatic N) is 2. The minimum Gasteiger partial charge on any atom is -0.376 e. The predicted octanol–water partition coefficient (Wildman–Crippen LogP) is 5.79. The van der Waals surface area contributed by atoms with E-state index in [-0.39, 0.29) is 11.5 Å². The number of H-pyrrole nitrogens is 1. The Morgan fingerprint density at radius 3 is 2.45 bits per heavy atom. The van der Waals surface area contributed by atoms with Crippen molar-refractivity contribution in [1.82, 2.24) is 14.5 Å². The Labute approximate surface area is 257 Å². The van der Waals surface area contributed by atoms with E-state index in [0.29, 0.717) is 45.5 Å². The standard InChI is InChI=1S/C32H28ClN7O4/c1-19(41)44-32(43)37-24-10-7-21(8-11-24)27-18-36-30(38-27)28(15-20-5-3-2-4-6-20)40-14-13-22(16-29(40)42)25-17-23(33)9-12-26(25)39-31(34)35/h2-14,16-18,28H,15H2,1H3,(H,36,38)(H,37,43)(H4,34,35,39). The molecule has 0 fully saturated rings. The van der Waals surface area contributed by atoms with E-state index in [1.165, 1.54) is 6.07 Å². The number of halogens is 1. The monoisotopic (exact) mass is 609 g/mol. The predicted molar refractivity (Wildman–Crippen MR) is 170 cm³/mol. The van der Waals surface area contributed by atoms with Crippen molar-refractivity contribution in [2.75, 3.05) is 10.6 Å². The number of rotatable bonds is 8. The van der Waals surface area contributed by atoms with Crippen molar-refractivity contribution >= 4 is 41.0 Å². The van der Waals surface area contributed by atoms with Gasteiger partial charge in [0.1, 0.15) is 5.82 Å². The fourth-order valence-electron chi connectivity index (χ4n) is 4.74. The number of pyridine rings is 1. The van der Waals surface area contributed by atoms with Crippen LogP contribution in [0.1, 0.15) is 24.4 Å². The summed E-state index contributed by atoms with van der Waals surface area (Å²) in [6, 6.07) is 24.6. The summed E-state index contributed by atoms with van der Waals surface area (Å²) in [5, 5.41) is 13.4. The molecule has 0 aliphatic carbocycles. The molecule has 0 saturated heterocycles. The molecule has 1 atom stereocenters. The Balaban J connectivity index is 1.47. The number of nitrogens with one attached hydrogen (secondary N) is 4. The Hall–Kier alpha value is -5.68. The molecule has 6 N–H and O–H groups in total. The third kappa shape index (κ3) is 7.20. The van der Waals surface area contributed by atoms with Gasteiger partial charge in [-0.05, 0) is 47.5 Å². The largest absolute Gasteiger partial charge is 0.419 e. The van der Waals surface area contributed by atoms with Gasteiger partial charge < -0.3 is 25.3 Å². The Morgan fingerprint density at radius 2 is 1.77 bits per heavy atom. The maximum atomic E-state index is 13.6. The molecule has 0 spiro atoms. The molecule has 11 nitrogen and oxygen atoms in total. The number of aromatic nitrogens is 3. The fourth-order valence-corrected chi connectivity index (χ4v) is 4.91. The van der Waals surface area contributed by atoms with Crippen LogP contribution in [0.4, 0.5) is 16.2 Å². The summed E-state index contributed by atoms with van der Waals surface area (Å²) < 4.78 is 6.12. The second-order valence-electron chi connectivity index (χ2n) is 9.85. The van der Waals surface area contributed by atoms with Gasteiger partial charge in [0.15, 0.2) is 5.96 Å². The van der Waals surface area contributed by atoms with E-state index in [1.807, 2.05) is 36.4 Å². The molecule has 0 aliphatic rings. The van der Waals surface area contributed by atoms with Gasteiger partial charge in [-0.2, -0.15) is 0 Å². The van der Waals surface area contributed by atoms with Crippen LogP contribution in [0.2, 0.25) is 5.02 Å². The second kappa shape index (κ2) is 13.1. The number of aromatic amines is 1. The van der Waals surface area contributed by atoms with Crippen LogP contribution in [0, 0.1) is 5.41 Å². The van der Waals surface area contributed by atoms with Crippen molar-refractivity contribution in [3.8, 4) is 22.4 Å². The smallest absolute Gasteiger partial charge is 0.376 e. The Kier molecular flexibility index (Phi) is 8.87. The van der Waals surface area contributed by atoms with E-state index < -0.39 is 18.1 Å². The molecule has 3 aromatic carbocycles. The summed E-state index contributed by atoms with van der Waals surface area (Å²) >= 11 is 6.25. The van der Waals surface area contributed by atoms with Gasteiger partial charge in [0.2, 0.25) is 0 Å². The fraction of sp³-hybridized carbons (Fsp3) is 0.0938. The number of esters is 1. The zero-order valence-electron chi connectivity index (χ0n) is 23.5. The van der Waals surface area contributed by atoms with Crippen molar-refractivity contribution < 1.29 is 14.3 Å². The SMILES string of the molecule is CC(=O)OC(=O)Nc1ccc(-c2c[nH]c(C(Cc3ccccc3)n3ccc(-c4cc(Cl)ccc4NC(=N)N)cc3=O)n2)cc1. The molecule has 12 heteroatoms. The lowest BCUT2D eigenvalue weighted by Crippen LogP contribution is -2.27. The average Bonchev–Trinajstić information content (AvgIpc) is 3.47. The summed E-state index contributed by atoms with van der Waals surface area (Å²) in [6.45, 7) is 1.15. The highest BCUT2D eigenvalue weighted by Gasteiger charge is 2.21. The molecule has 1 unspecified atom stereocenters. The summed E-state index contributed by atoms with van der Waals surface area (Å²) in [7, 11) is 0. The van der Waals surface area contributed by atoms with E-state index in [9.17, 15) is 14.4 Å². The topological polar surface area (TPSA) is 168 Å². The summed E-state index contributed by atoms with van der Waals surface area (Å²) in [5.74, 6) is -0.367. The molecular formula is C32H28ClN7O4. The number of carbonyl (C=O) groups excluding carboxylic acids is 2. The van der Waals surface area contributed by atoms with Gasteiger partial charge in [-0.15, -0.1) is 0 Å². The molecule has 2 aromatic heterocycles. The van der Waals surface area contributed by atoms with Gasteiger partial charge in [-0.25, -0.2) is 9.78 Å². The Bertz CT molecular complexity index is 1890. The average molecular weight is 610 g/mol. The van der Waals surface area contributed by atoms with Crippen LogP contribution < -0.4 is 21.9 Å². The van der Waals surface area contributed by atoms with Crippen LogP contribution in [-0.2, 0) is 16.0 Å². The first-order chi connectivity index (χ1) is 21.2. The third-order valence-corrected chi connectivity index (χ3v) is 6.93. The number of nitrogens with two attached hydrogens (primary N) is 1. The molecule has 0 saturated carbocycles. The van der Waals surface area contributed by atoms with Crippen LogP contribution in [0.3, 0.4) is 0 Å². The molecule has 222 valence electrons. The number of hydrogen-bond acceptors (Lipinski definition) is 6. The summed E-state index contributed by atoms with van der Waals surface area (Å²) in [6.07, 6.45) is 3.09. The highest BCUT2D eigenvalue weighted by molar-refractivity contribution is 6.31. The van der Waals surface area contributed by atoms with Crippen molar-refractivity contribution in [2.24, 2.45) is 5.73 Å². The molecule has 0 bridgehead atoms. The van der Waals surface area contributed by atoms with Crippen LogP contribution in [0.5, 0.6) is 0 Å². The highest BCUT2D eigenvalue weighted by atomic mass is 35.5. The van der Waals surface area contributed by atoms with Crippen molar-refractivity contribution in [3.05, 3.63) is 124 Å². The first-order valence-corrected chi connectivity index (χ1v) is 13.9. The van der Waals surface area contributed by atoms with Gasteiger partial charge in [0.25, 0.3) is 5.56 Å². The summed E-state index contributed by atoms with van der Waals surface area (Å²) in [5.41, 5.74) is 9.95. The molecule has 0 radical (unpaired) electrons. The molecule has 2 heterocycles. The lowest BCUT2D eigenvalue weighted by Gasteiger charge is -2.19. The normalized spacial score (nSPS) is 11.4. The number of hydrogen-bond donors (Lipinski definition) is 5. The number of imidazole rings is 1. The minimum atomic E-state index is -0.866. The Morgan fingerprint density at radius 1 is 1.02 bits per heavy atom. The molecule has 44 heavy (non-hydrogen) atoms. The molecular weight excluding hydrogens is 582 g/mol. The maximum Gasteiger partial charge on any atom is 0.419 e. The zero-order valence-corrected chi connectivity index (χ0v) is 24.3. The van der Waals surface area contributed by atoms with Crippen molar-refractivity contribution in [1.29, 1.82) is 5.41 Å². The van der Waals surface area contributed by atoms with Crippen LogP contribution in [0.25, 0.3) is 22.4 Å². The van der Waals surface area contributed by atoms with Crippen molar-refractivity contribution in [3.63, 3.8) is 0 Å². The second-order valence-corrected chi connectivity index (χ2v) is 10.3. The van der Waals surface area contributed by atoms with Gasteiger partial charge in [0.05, 0.1) is 11.7 Å². The van der Waals surface area contributed by atoms with Crippen molar-refractivity contribution in [2.45, 2.75) is 19.4 Å². The highest BCUT2D eigenvalue weighted by Crippen LogP contribution is 2.31. The maximum absolute atomic E-state index is 13.6. The van der Waals surface area contributed by atoms with Crippen LogP contribution in [0.15, 0.2) is 102 Å². The van der Waals surface area contributed by atoms with Gasteiger partial charge in [-0.3, -0.25) is 20.3 Å². The number of benzene rings is 3. The van der Waals surface area contributed by atoms with E-state index in [0.717, 1.165) is 18.1 Å². The molecule has 5 rings (SSSR count).